The lowest BCUT2D eigenvalue weighted by molar-refractivity contribution is 0.195. The van der Waals surface area contributed by atoms with E-state index in [0.717, 1.165) is 0 Å². The van der Waals surface area contributed by atoms with Gasteiger partial charge in [0.25, 0.3) is 0 Å². The van der Waals surface area contributed by atoms with Crippen molar-refractivity contribution in [3.63, 3.8) is 0 Å². The van der Waals surface area contributed by atoms with Crippen LogP contribution in [0.4, 0.5) is 8.78 Å². The van der Waals surface area contributed by atoms with Crippen LogP contribution in [0.1, 0.15) is 50.4 Å². The molecule has 0 amide bonds. The average Bonchev–Trinajstić information content (AvgIpc) is 2.74. The van der Waals surface area contributed by atoms with Crippen LogP contribution in [0.25, 0.3) is 0 Å². The van der Waals surface area contributed by atoms with E-state index in [4.69, 9.17) is 18.1 Å². The molecule has 11 heteroatoms. The lowest BCUT2D eigenvalue weighted by atomic mass is 10.2. The number of hydrogen-bond donors (Lipinski definition) is 1. The van der Waals surface area contributed by atoms with Gasteiger partial charge >= 0.3 is 15.2 Å². The lowest BCUT2D eigenvalue weighted by Gasteiger charge is -2.34. The summed E-state index contributed by atoms with van der Waals surface area (Å²) in [5.41, 5.74) is 0.474. The van der Waals surface area contributed by atoms with E-state index in [0.29, 0.717) is 0 Å². The molecule has 0 heterocycles. The maximum atomic E-state index is 14.1. The molecule has 0 radical (unpaired) electrons. The fraction of sp³-hybridized carbons (Fsp3) is 0.455. The first kappa shape index (κ1) is 27.8. The maximum Gasteiger partial charge on any atom is 0.351 e. The normalized spacial score (nSPS) is 14.2. The smallest absolute Gasteiger partial charge is 0.308 e. The summed E-state index contributed by atoms with van der Waals surface area (Å²) in [7, 11) is -7.94. The van der Waals surface area contributed by atoms with Crippen LogP contribution >= 0.6 is 15.2 Å². The largest absolute Gasteiger partial charge is 0.351 e. The van der Waals surface area contributed by atoms with Gasteiger partial charge in [-0.05, 0) is 63.1 Å². The molecule has 0 saturated carbocycles. The Morgan fingerprint density at radius 1 is 0.697 bits per heavy atom. The third kappa shape index (κ3) is 7.27. The number of benzene rings is 2. The average molecular weight is 505 g/mol. The lowest BCUT2D eigenvalue weighted by Crippen LogP contribution is -2.29. The first-order chi connectivity index (χ1) is 15.7. The van der Waals surface area contributed by atoms with Crippen molar-refractivity contribution in [3.05, 3.63) is 71.3 Å². The van der Waals surface area contributed by atoms with Gasteiger partial charge in [-0.2, -0.15) is 0 Å². The first-order valence-corrected chi connectivity index (χ1v) is 14.0. The van der Waals surface area contributed by atoms with E-state index in [-0.39, 0.29) is 37.6 Å². The SMILES string of the molecule is CCOP(=O)(OCC)C(NC(c1cccc(F)c1)P(=O)(OCC)OCC)c1cccc(F)c1. The predicted octanol–water partition coefficient (Wildman–Crippen LogP) is 6.78. The minimum absolute atomic E-state index is 0.0456. The fourth-order valence-corrected chi connectivity index (χ4v) is 7.35. The number of rotatable bonds is 14. The summed E-state index contributed by atoms with van der Waals surface area (Å²) in [5.74, 6) is -3.65. The van der Waals surface area contributed by atoms with Gasteiger partial charge in [-0.3, -0.25) is 14.4 Å². The van der Waals surface area contributed by atoms with Gasteiger partial charge < -0.3 is 18.1 Å². The highest BCUT2D eigenvalue weighted by Gasteiger charge is 2.45. The van der Waals surface area contributed by atoms with Gasteiger partial charge in [0, 0.05) is 0 Å². The molecule has 0 bridgehead atoms. The number of halogens is 2. The van der Waals surface area contributed by atoms with Crippen molar-refractivity contribution in [3.8, 4) is 0 Å². The van der Waals surface area contributed by atoms with E-state index in [1.165, 1.54) is 36.4 Å². The van der Waals surface area contributed by atoms with Crippen molar-refractivity contribution in [1.82, 2.24) is 5.32 Å². The van der Waals surface area contributed by atoms with Crippen LogP contribution in [-0.4, -0.2) is 26.4 Å². The van der Waals surface area contributed by atoms with Crippen molar-refractivity contribution in [2.45, 2.75) is 39.3 Å². The van der Waals surface area contributed by atoms with Crippen LogP contribution in [0.5, 0.6) is 0 Å². The van der Waals surface area contributed by atoms with Crippen LogP contribution < -0.4 is 5.32 Å². The van der Waals surface area contributed by atoms with Crippen molar-refractivity contribution in [1.29, 1.82) is 0 Å². The number of nitrogens with one attached hydrogen (secondary N) is 1. The Morgan fingerprint density at radius 2 is 1.03 bits per heavy atom. The highest BCUT2D eigenvalue weighted by molar-refractivity contribution is 7.55. The van der Waals surface area contributed by atoms with Crippen LogP contribution in [-0.2, 0) is 27.2 Å². The van der Waals surface area contributed by atoms with Gasteiger partial charge in [0.1, 0.15) is 23.2 Å². The topological polar surface area (TPSA) is 83.1 Å². The number of hydrogen-bond acceptors (Lipinski definition) is 7. The van der Waals surface area contributed by atoms with Gasteiger partial charge in [0.05, 0.1) is 26.4 Å². The van der Waals surface area contributed by atoms with E-state index in [1.54, 1.807) is 39.8 Å². The highest BCUT2D eigenvalue weighted by atomic mass is 31.2. The molecule has 184 valence electrons. The van der Waals surface area contributed by atoms with E-state index >= 15 is 0 Å². The van der Waals surface area contributed by atoms with Gasteiger partial charge in [-0.15, -0.1) is 0 Å². The molecule has 0 saturated heterocycles. The molecule has 0 fully saturated rings. The molecule has 7 nitrogen and oxygen atoms in total. The van der Waals surface area contributed by atoms with Crippen molar-refractivity contribution < 1.29 is 36.0 Å². The Balaban J connectivity index is 2.70. The molecule has 1 N–H and O–H groups in total. The second-order valence-corrected chi connectivity index (χ2v) is 11.1. The molecular formula is C22H31F2NO6P2. The summed E-state index contributed by atoms with van der Waals surface area (Å²) in [6.07, 6.45) is 0. The molecule has 0 aliphatic rings. The standard InChI is InChI=1S/C22H31F2NO6P2/c1-5-28-32(26,29-6-2)21(17-11-9-13-19(23)15-17)25-22(18-12-10-14-20(24)16-18)33(27,30-7-3)31-8-4/h9-16,21-22,25H,5-8H2,1-4H3. The Morgan fingerprint density at radius 3 is 1.30 bits per heavy atom. The summed E-state index contributed by atoms with van der Waals surface area (Å²) in [6, 6.07) is 10.8. The van der Waals surface area contributed by atoms with Crippen molar-refractivity contribution in [2.24, 2.45) is 0 Å². The Bertz CT molecular complexity index is 895. The van der Waals surface area contributed by atoms with Gasteiger partial charge in [-0.1, -0.05) is 24.3 Å². The molecule has 2 atom stereocenters. The molecule has 0 aromatic heterocycles. The van der Waals surface area contributed by atoms with Gasteiger partial charge in [-0.25, -0.2) is 8.78 Å². The molecule has 2 unspecified atom stereocenters. The summed E-state index contributed by atoms with van der Waals surface area (Å²) in [5, 5.41) is 3.00. The van der Waals surface area contributed by atoms with Crippen LogP contribution in [0.3, 0.4) is 0 Å². The third-order valence-electron chi connectivity index (χ3n) is 4.51. The zero-order valence-corrected chi connectivity index (χ0v) is 21.0. The fourth-order valence-electron chi connectivity index (χ4n) is 3.34. The third-order valence-corrected chi connectivity index (χ3v) is 9.14. The molecule has 0 spiro atoms. The second kappa shape index (κ2) is 12.9. The first-order valence-electron chi connectivity index (χ1n) is 10.8. The summed E-state index contributed by atoms with van der Waals surface area (Å²) in [4.78, 5) is 0. The van der Waals surface area contributed by atoms with Gasteiger partial charge in [0.2, 0.25) is 0 Å². The summed E-state index contributed by atoms with van der Waals surface area (Å²) in [6.45, 7) is 6.75. The Hall–Kier alpha value is -1.44. The van der Waals surface area contributed by atoms with E-state index < -0.39 is 38.4 Å². The zero-order chi connectivity index (χ0) is 24.5. The minimum Gasteiger partial charge on any atom is -0.308 e. The monoisotopic (exact) mass is 505 g/mol. The molecule has 2 rings (SSSR count). The predicted molar refractivity (Wildman–Crippen MR) is 123 cm³/mol. The second-order valence-electron chi connectivity index (χ2n) is 6.83. The van der Waals surface area contributed by atoms with Crippen LogP contribution in [0.15, 0.2) is 48.5 Å². The van der Waals surface area contributed by atoms with E-state index in [1.807, 2.05) is 0 Å². The highest BCUT2D eigenvalue weighted by Crippen LogP contribution is 2.65. The maximum absolute atomic E-state index is 14.1. The molecule has 2 aromatic carbocycles. The van der Waals surface area contributed by atoms with E-state index in [2.05, 4.69) is 5.32 Å². The van der Waals surface area contributed by atoms with Gasteiger partial charge in [0.15, 0.2) is 0 Å². The van der Waals surface area contributed by atoms with Crippen molar-refractivity contribution >= 4 is 15.2 Å². The van der Waals surface area contributed by atoms with E-state index in [9.17, 15) is 17.9 Å². The molecule has 2 aromatic rings. The molecule has 0 aliphatic heterocycles. The van der Waals surface area contributed by atoms with Crippen molar-refractivity contribution in [2.75, 3.05) is 26.4 Å². The summed E-state index contributed by atoms with van der Waals surface area (Å²) >= 11 is 0. The molecule has 33 heavy (non-hydrogen) atoms. The Kier molecular flexibility index (Phi) is 10.8. The zero-order valence-electron chi connectivity index (χ0n) is 19.2. The molecular weight excluding hydrogens is 474 g/mol. The van der Waals surface area contributed by atoms with Crippen LogP contribution in [0, 0.1) is 11.6 Å². The minimum atomic E-state index is -3.97. The quantitative estimate of drug-likeness (QED) is 0.283. The van der Waals surface area contributed by atoms with Crippen LogP contribution in [0.2, 0.25) is 0 Å². The molecule has 0 aliphatic carbocycles. The Labute approximate surface area is 193 Å². The summed E-state index contributed by atoms with van der Waals surface area (Å²) < 4.78 is 78.0.